The maximum Gasteiger partial charge on any atom is 0.226 e. The van der Waals surface area contributed by atoms with Crippen molar-refractivity contribution in [2.24, 2.45) is 5.92 Å². The van der Waals surface area contributed by atoms with Gasteiger partial charge in [-0.3, -0.25) is 0 Å². The Hall–Kier alpha value is -1.81. The van der Waals surface area contributed by atoms with Crippen LogP contribution in [0.2, 0.25) is 5.02 Å². The van der Waals surface area contributed by atoms with Gasteiger partial charge >= 0.3 is 0 Å². The molecule has 0 atom stereocenters. The lowest BCUT2D eigenvalue weighted by Gasteiger charge is -2.06. The highest BCUT2D eigenvalue weighted by molar-refractivity contribution is 7.96. The van der Waals surface area contributed by atoms with Gasteiger partial charge in [0.25, 0.3) is 0 Å². The highest BCUT2D eigenvalue weighted by Gasteiger charge is 2.37. The predicted octanol–water partition coefficient (Wildman–Crippen LogP) is 4.62. The summed E-state index contributed by atoms with van der Waals surface area (Å²) < 4.78 is 66.2. The van der Waals surface area contributed by atoms with Crippen molar-refractivity contribution in [2.45, 2.75) is 27.0 Å². The lowest BCUT2D eigenvalue weighted by molar-refractivity contribution is 0.580. The molecule has 0 radical (unpaired) electrons. The van der Waals surface area contributed by atoms with Crippen molar-refractivity contribution in [1.29, 1.82) is 0 Å². The number of hydrogen-bond acceptors (Lipinski definition) is 6. The Morgan fingerprint density at radius 3 is 2.31 bits per heavy atom. The smallest absolute Gasteiger partial charge is 0.223 e. The number of thiazole rings is 1. The summed E-state index contributed by atoms with van der Waals surface area (Å²) in [4.78, 5) is 3.95. The molecular formula is C19H15ClFNO4S3. The molecule has 29 heavy (non-hydrogen) atoms. The Morgan fingerprint density at radius 1 is 1.03 bits per heavy atom. The number of nitrogens with zero attached hydrogens (tertiary/aromatic N) is 1. The Bertz CT molecular complexity index is 1280. The van der Waals surface area contributed by atoms with E-state index in [1.807, 2.05) is 0 Å². The molecule has 1 aromatic heterocycles. The second kappa shape index (κ2) is 7.46. The van der Waals surface area contributed by atoms with Crippen LogP contribution in [-0.4, -0.2) is 27.6 Å². The van der Waals surface area contributed by atoms with Crippen LogP contribution >= 0.6 is 22.9 Å². The first-order valence-electron chi connectivity index (χ1n) is 8.67. The van der Waals surface area contributed by atoms with Crippen molar-refractivity contribution in [3.63, 3.8) is 0 Å². The van der Waals surface area contributed by atoms with Gasteiger partial charge in [-0.05, 0) is 55.2 Å². The number of sulfone groups is 2. The van der Waals surface area contributed by atoms with Crippen LogP contribution in [0.5, 0.6) is 0 Å². The molecular weight excluding hydrogens is 457 g/mol. The quantitative estimate of drug-likeness (QED) is 0.524. The first kappa shape index (κ1) is 20.5. The van der Waals surface area contributed by atoms with Crippen LogP contribution in [0.1, 0.15) is 12.8 Å². The van der Waals surface area contributed by atoms with E-state index in [2.05, 4.69) is 4.98 Å². The molecule has 10 heteroatoms. The fourth-order valence-corrected chi connectivity index (χ4v) is 8.39. The van der Waals surface area contributed by atoms with E-state index < -0.39 is 30.5 Å². The number of rotatable bonds is 6. The average Bonchev–Trinajstić information content (AvgIpc) is 3.34. The monoisotopic (exact) mass is 471 g/mol. The minimum Gasteiger partial charge on any atom is -0.223 e. The molecule has 1 heterocycles. The number of benzene rings is 2. The lowest BCUT2D eigenvalue weighted by Crippen LogP contribution is -2.12. The molecule has 0 aliphatic heterocycles. The molecule has 1 saturated carbocycles. The summed E-state index contributed by atoms with van der Waals surface area (Å²) in [5.74, 6) is -0.734. The van der Waals surface area contributed by atoms with Crippen LogP contribution in [0.25, 0.3) is 10.6 Å². The largest absolute Gasteiger partial charge is 0.226 e. The molecule has 1 aliphatic rings. The predicted molar refractivity (Wildman–Crippen MR) is 109 cm³/mol. The normalized spacial score (nSPS) is 14.8. The van der Waals surface area contributed by atoms with Crippen molar-refractivity contribution in [2.75, 3.05) is 5.75 Å². The highest BCUT2D eigenvalue weighted by Crippen LogP contribution is 2.40. The molecule has 0 unspecified atom stereocenters. The summed E-state index contributed by atoms with van der Waals surface area (Å²) in [6, 6.07) is 11.1. The Kier molecular flexibility index (Phi) is 5.27. The van der Waals surface area contributed by atoms with Crippen LogP contribution in [-0.2, 0) is 19.7 Å². The van der Waals surface area contributed by atoms with Gasteiger partial charge in [-0.2, -0.15) is 0 Å². The molecule has 5 nitrogen and oxygen atoms in total. The van der Waals surface area contributed by atoms with Gasteiger partial charge in [-0.15, -0.1) is 11.3 Å². The zero-order valence-electron chi connectivity index (χ0n) is 14.9. The van der Waals surface area contributed by atoms with Gasteiger partial charge in [0.2, 0.25) is 9.84 Å². The van der Waals surface area contributed by atoms with E-state index in [4.69, 9.17) is 11.6 Å². The van der Waals surface area contributed by atoms with Gasteiger partial charge in [0.05, 0.1) is 10.6 Å². The van der Waals surface area contributed by atoms with Crippen LogP contribution in [0.3, 0.4) is 0 Å². The van der Waals surface area contributed by atoms with Crippen LogP contribution in [0.4, 0.5) is 4.39 Å². The molecule has 3 aromatic rings. The Morgan fingerprint density at radius 2 is 1.69 bits per heavy atom. The summed E-state index contributed by atoms with van der Waals surface area (Å²) in [7, 11) is -8.14. The summed E-state index contributed by atoms with van der Waals surface area (Å²) in [5, 5.41) is -0.218. The molecule has 4 rings (SSSR count). The molecule has 0 bridgehead atoms. The van der Waals surface area contributed by atoms with Gasteiger partial charge in [-0.25, -0.2) is 26.2 Å². The summed E-state index contributed by atoms with van der Waals surface area (Å²) in [6.07, 6.45) is 1.58. The van der Waals surface area contributed by atoms with Crippen LogP contribution < -0.4 is 0 Å². The zero-order valence-corrected chi connectivity index (χ0v) is 18.1. The van der Waals surface area contributed by atoms with E-state index in [0.29, 0.717) is 16.4 Å². The van der Waals surface area contributed by atoms with Crippen LogP contribution in [0.15, 0.2) is 62.7 Å². The zero-order chi connectivity index (χ0) is 20.8. The minimum absolute atomic E-state index is 0.00464. The second-order valence-corrected chi connectivity index (χ2v) is 12.3. The second-order valence-electron chi connectivity index (χ2n) is 6.77. The maximum absolute atomic E-state index is 14.2. The summed E-state index contributed by atoms with van der Waals surface area (Å²) >= 11 is 6.52. The summed E-state index contributed by atoms with van der Waals surface area (Å²) in [5.41, 5.74) is 0.0536. The molecule has 1 fully saturated rings. The van der Waals surface area contributed by atoms with Gasteiger partial charge in [-0.1, -0.05) is 23.7 Å². The van der Waals surface area contributed by atoms with E-state index in [-0.39, 0.29) is 31.3 Å². The van der Waals surface area contributed by atoms with Crippen molar-refractivity contribution < 1.29 is 21.2 Å². The highest BCUT2D eigenvalue weighted by atomic mass is 35.5. The van der Waals surface area contributed by atoms with Crippen molar-refractivity contribution in [3.05, 3.63) is 59.4 Å². The van der Waals surface area contributed by atoms with Crippen molar-refractivity contribution >= 4 is 42.6 Å². The van der Waals surface area contributed by atoms with E-state index in [0.717, 1.165) is 12.8 Å². The van der Waals surface area contributed by atoms with Gasteiger partial charge in [0.1, 0.15) is 10.8 Å². The third-order valence-electron chi connectivity index (χ3n) is 4.48. The molecule has 2 aromatic carbocycles. The van der Waals surface area contributed by atoms with E-state index in [9.17, 15) is 21.2 Å². The van der Waals surface area contributed by atoms with Crippen molar-refractivity contribution in [3.8, 4) is 10.6 Å². The first-order chi connectivity index (χ1) is 13.7. The topological polar surface area (TPSA) is 81.2 Å². The molecule has 1 aliphatic carbocycles. The standard InChI is InChI=1S/C19H15ClFNO4S3/c20-13-7-9-14(10-8-13)29(25,26)18-19(28(23,24)11-12-5-6-12)27-17(22-18)15-3-1-2-4-16(15)21/h1-4,7-10,12H,5-6,11H2. The average molecular weight is 472 g/mol. The van der Waals surface area contributed by atoms with Crippen LogP contribution in [0, 0.1) is 11.7 Å². The van der Waals surface area contributed by atoms with E-state index >= 15 is 0 Å². The van der Waals surface area contributed by atoms with Gasteiger partial charge < -0.3 is 0 Å². The fourth-order valence-electron chi connectivity index (χ4n) is 2.80. The summed E-state index contributed by atoms with van der Waals surface area (Å²) in [6.45, 7) is 0. The molecule has 0 spiro atoms. The Labute approximate surface area is 177 Å². The van der Waals surface area contributed by atoms with Crippen molar-refractivity contribution in [1.82, 2.24) is 4.98 Å². The first-order valence-corrected chi connectivity index (χ1v) is 13.0. The SMILES string of the molecule is O=S(=O)(CC1CC1)c1sc(-c2ccccc2F)nc1S(=O)(=O)c1ccc(Cl)cc1. The number of aromatic nitrogens is 1. The van der Waals surface area contributed by atoms with Gasteiger partial charge in [0.15, 0.2) is 19.1 Å². The van der Waals surface area contributed by atoms with Gasteiger partial charge in [0, 0.05) is 10.6 Å². The molecule has 152 valence electrons. The Balaban J connectivity index is 1.91. The maximum atomic E-state index is 14.2. The molecule has 0 N–H and O–H groups in total. The number of hydrogen-bond donors (Lipinski definition) is 0. The van der Waals surface area contributed by atoms with E-state index in [1.54, 1.807) is 6.07 Å². The van der Waals surface area contributed by atoms with E-state index in [1.165, 1.54) is 42.5 Å². The third-order valence-corrected chi connectivity index (χ3v) is 10.3. The third kappa shape index (κ3) is 4.09. The lowest BCUT2D eigenvalue weighted by atomic mass is 10.2. The molecule has 0 saturated heterocycles. The fraction of sp³-hybridized carbons (Fsp3) is 0.211. The molecule has 0 amide bonds. The number of halogens is 2. The minimum atomic E-state index is -4.25.